The standard InChI is InChI=1S/C7H5ClN2O.ClH/c8-5-3-6(11)7-9-1-2-10(7)4-5;/h1-4,11H;1H. The van der Waals surface area contributed by atoms with E-state index in [1.54, 1.807) is 23.0 Å². The Labute approximate surface area is 80.0 Å². The molecule has 2 aromatic heterocycles. The second-order valence-corrected chi connectivity index (χ2v) is 2.64. The van der Waals surface area contributed by atoms with Crippen LogP contribution < -0.4 is 0 Å². The number of halogens is 2. The highest BCUT2D eigenvalue weighted by Crippen LogP contribution is 2.20. The summed E-state index contributed by atoms with van der Waals surface area (Å²) in [7, 11) is 0. The summed E-state index contributed by atoms with van der Waals surface area (Å²) in [4.78, 5) is 3.91. The zero-order valence-electron chi connectivity index (χ0n) is 5.94. The molecule has 5 heteroatoms. The van der Waals surface area contributed by atoms with Crippen LogP contribution in [0.1, 0.15) is 0 Å². The molecule has 64 valence electrons. The number of fused-ring (bicyclic) bond motifs is 1. The van der Waals surface area contributed by atoms with Gasteiger partial charge >= 0.3 is 0 Å². The third-order valence-electron chi connectivity index (χ3n) is 1.43. The molecule has 12 heavy (non-hydrogen) atoms. The highest BCUT2D eigenvalue weighted by atomic mass is 35.5. The molecule has 0 unspecified atom stereocenters. The highest BCUT2D eigenvalue weighted by Gasteiger charge is 2.00. The normalized spacial score (nSPS) is 9.75. The fourth-order valence-electron chi connectivity index (χ4n) is 0.981. The van der Waals surface area contributed by atoms with Crippen molar-refractivity contribution in [2.24, 2.45) is 0 Å². The number of imidazole rings is 1. The first-order chi connectivity index (χ1) is 5.27. The molecule has 2 heterocycles. The third kappa shape index (κ3) is 1.33. The molecule has 2 aromatic rings. The van der Waals surface area contributed by atoms with Crippen molar-refractivity contribution in [2.45, 2.75) is 0 Å². The summed E-state index contributed by atoms with van der Waals surface area (Å²) in [5.41, 5.74) is 0.523. The van der Waals surface area contributed by atoms with E-state index >= 15 is 0 Å². The fourth-order valence-corrected chi connectivity index (χ4v) is 1.19. The van der Waals surface area contributed by atoms with Gasteiger partial charge in [0.15, 0.2) is 11.4 Å². The lowest BCUT2D eigenvalue weighted by Gasteiger charge is -1.96. The lowest BCUT2D eigenvalue weighted by Crippen LogP contribution is -1.82. The van der Waals surface area contributed by atoms with Gasteiger partial charge in [-0.3, -0.25) is 0 Å². The predicted octanol–water partition coefficient (Wildman–Crippen LogP) is 2.12. The van der Waals surface area contributed by atoms with Crippen LogP contribution in [0.2, 0.25) is 5.02 Å². The molecule has 0 aliphatic heterocycles. The van der Waals surface area contributed by atoms with E-state index in [1.165, 1.54) is 6.07 Å². The van der Waals surface area contributed by atoms with Crippen molar-refractivity contribution < 1.29 is 5.11 Å². The molecule has 1 N–H and O–H groups in total. The first-order valence-corrected chi connectivity index (χ1v) is 3.46. The lowest BCUT2D eigenvalue weighted by atomic mass is 10.4. The molecule has 0 amide bonds. The number of hydrogen-bond acceptors (Lipinski definition) is 2. The molecule has 3 nitrogen and oxygen atoms in total. The molecular formula is C7H6Cl2N2O. The lowest BCUT2D eigenvalue weighted by molar-refractivity contribution is 0.477. The number of hydrogen-bond donors (Lipinski definition) is 1. The smallest absolute Gasteiger partial charge is 0.179 e. The second-order valence-electron chi connectivity index (χ2n) is 2.20. The van der Waals surface area contributed by atoms with Crippen LogP contribution in [0.15, 0.2) is 24.7 Å². The quantitative estimate of drug-likeness (QED) is 0.715. The Kier molecular flexibility index (Phi) is 2.45. The van der Waals surface area contributed by atoms with Gasteiger partial charge in [0.1, 0.15) is 0 Å². The van der Waals surface area contributed by atoms with Crippen LogP contribution in [0.5, 0.6) is 5.75 Å². The molecule has 0 aliphatic carbocycles. The molecule has 0 fully saturated rings. The van der Waals surface area contributed by atoms with Gasteiger partial charge in [0.2, 0.25) is 0 Å². The van der Waals surface area contributed by atoms with Gasteiger partial charge in [0, 0.05) is 24.7 Å². The van der Waals surface area contributed by atoms with E-state index in [0.29, 0.717) is 10.7 Å². The molecule has 0 bridgehead atoms. The van der Waals surface area contributed by atoms with Gasteiger partial charge in [0.25, 0.3) is 0 Å². The molecule has 0 spiro atoms. The molecule has 0 aromatic carbocycles. The predicted molar refractivity (Wildman–Crippen MR) is 49.1 cm³/mol. The maximum Gasteiger partial charge on any atom is 0.179 e. The van der Waals surface area contributed by atoms with Crippen LogP contribution in [-0.2, 0) is 0 Å². The van der Waals surface area contributed by atoms with Crippen molar-refractivity contribution in [2.75, 3.05) is 0 Å². The van der Waals surface area contributed by atoms with Crippen molar-refractivity contribution in [3.63, 3.8) is 0 Å². The minimum absolute atomic E-state index is 0. The van der Waals surface area contributed by atoms with Crippen LogP contribution in [0.4, 0.5) is 0 Å². The Morgan fingerprint density at radius 3 is 3.00 bits per heavy atom. The van der Waals surface area contributed by atoms with E-state index in [1.807, 2.05) is 0 Å². The molecule has 0 aliphatic rings. The van der Waals surface area contributed by atoms with Crippen molar-refractivity contribution in [3.8, 4) is 5.75 Å². The maximum absolute atomic E-state index is 9.27. The molecule has 0 atom stereocenters. The summed E-state index contributed by atoms with van der Waals surface area (Å²) in [6.07, 6.45) is 5.01. The van der Waals surface area contributed by atoms with Crippen molar-refractivity contribution >= 4 is 29.7 Å². The molecule has 0 saturated carbocycles. The maximum atomic E-state index is 9.27. The van der Waals surface area contributed by atoms with Gasteiger partial charge in [-0.2, -0.15) is 0 Å². The van der Waals surface area contributed by atoms with Crippen molar-refractivity contribution in [1.82, 2.24) is 9.38 Å². The zero-order chi connectivity index (χ0) is 7.84. The summed E-state index contributed by atoms with van der Waals surface area (Å²) in [6.45, 7) is 0. The average molecular weight is 205 g/mol. The Morgan fingerprint density at radius 1 is 1.50 bits per heavy atom. The van der Waals surface area contributed by atoms with Gasteiger partial charge in [-0.1, -0.05) is 11.6 Å². The summed E-state index contributed by atoms with van der Waals surface area (Å²) in [5.74, 6) is 0.0995. The number of aromatic hydroxyl groups is 1. The van der Waals surface area contributed by atoms with E-state index in [4.69, 9.17) is 11.6 Å². The first-order valence-electron chi connectivity index (χ1n) is 3.08. The van der Waals surface area contributed by atoms with Gasteiger partial charge in [-0.25, -0.2) is 4.98 Å². The van der Waals surface area contributed by atoms with Crippen LogP contribution in [0.25, 0.3) is 5.65 Å². The van der Waals surface area contributed by atoms with Crippen LogP contribution >= 0.6 is 24.0 Å². The van der Waals surface area contributed by atoms with Gasteiger partial charge in [-0.05, 0) is 0 Å². The number of aromatic nitrogens is 2. The Balaban J connectivity index is 0.000000720. The van der Waals surface area contributed by atoms with Gasteiger partial charge < -0.3 is 9.51 Å². The minimum Gasteiger partial charge on any atom is -0.504 e. The Morgan fingerprint density at radius 2 is 2.25 bits per heavy atom. The highest BCUT2D eigenvalue weighted by molar-refractivity contribution is 6.30. The molecular weight excluding hydrogens is 199 g/mol. The summed E-state index contributed by atoms with van der Waals surface area (Å²) >= 11 is 5.67. The summed E-state index contributed by atoms with van der Waals surface area (Å²) in [6, 6.07) is 1.46. The second kappa shape index (κ2) is 3.21. The van der Waals surface area contributed by atoms with E-state index in [9.17, 15) is 5.11 Å². The molecule has 0 radical (unpaired) electrons. The first kappa shape index (κ1) is 9.16. The van der Waals surface area contributed by atoms with Gasteiger partial charge in [-0.15, -0.1) is 12.4 Å². The minimum atomic E-state index is 0. The summed E-state index contributed by atoms with van der Waals surface area (Å²) in [5, 5.41) is 9.77. The largest absolute Gasteiger partial charge is 0.504 e. The van der Waals surface area contributed by atoms with Crippen molar-refractivity contribution in [3.05, 3.63) is 29.7 Å². The van der Waals surface area contributed by atoms with Crippen molar-refractivity contribution in [1.29, 1.82) is 0 Å². The fraction of sp³-hybridized carbons (Fsp3) is 0. The van der Waals surface area contributed by atoms with Crippen LogP contribution in [-0.4, -0.2) is 14.5 Å². The molecule has 0 saturated heterocycles. The van der Waals surface area contributed by atoms with E-state index in [0.717, 1.165) is 0 Å². The van der Waals surface area contributed by atoms with E-state index in [2.05, 4.69) is 4.98 Å². The van der Waals surface area contributed by atoms with E-state index < -0.39 is 0 Å². The number of rotatable bonds is 0. The average Bonchev–Trinajstić information content (AvgIpc) is 2.34. The molecule has 2 rings (SSSR count). The summed E-state index contributed by atoms with van der Waals surface area (Å²) < 4.78 is 1.66. The monoisotopic (exact) mass is 204 g/mol. The van der Waals surface area contributed by atoms with Gasteiger partial charge in [0.05, 0.1) is 5.02 Å². The third-order valence-corrected chi connectivity index (χ3v) is 1.64. The number of pyridine rings is 1. The Hall–Kier alpha value is -0.930. The Bertz CT molecular complexity index is 399. The topological polar surface area (TPSA) is 37.5 Å². The van der Waals surface area contributed by atoms with Crippen LogP contribution in [0, 0.1) is 0 Å². The van der Waals surface area contributed by atoms with Crippen LogP contribution in [0.3, 0.4) is 0 Å². The zero-order valence-corrected chi connectivity index (χ0v) is 7.51. The number of nitrogens with zero attached hydrogens (tertiary/aromatic N) is 2. The SMILES string of the molecule is Cl.Oc1cc(Cl)cn2ccnc12. The van der Waals surface area contributed by atoms with E-state index in [-0.39, 0.29) is 18.2 Å².